The lowest BCUT2D eigenvalue weighted by molar-refractivity contribution is -0.141. The van der Waals surface area contributed by atoms with E-state index in [1.54, 1.807) is 0 Å². The molecule has 0 aliphatic heterocycles. The Kier molecular flexibility index (Phi) is 5.89. The van der Waals surface area contributed by atoms with Gasteiger partial charge in [0.2, 0.25) is 0 Å². The minimum Gasteiger partial charge on any atom is -0.481 e. The average molecular weight is 271 g/mol. The van der Waals surface area contributed by atoms with Gasteiger partial charge in [-0.05, 0) is 36.8 Å². The highest BCUT2D eigenvalue weighted by atomic mass is 19.1. The number of carbonyl (C=O) groups is 1. The van der Waals surface area contributed by atoms with E-state index in [-0.39, 0.29) is 12.5 Å². The van der Waals surface area contributed by atoms with Crippen LogP contribution in [0.15, 0.2) is 18.2 Å². The second kappa shape index (κ2) is 7.19. The summed E-state index contributed by atoms with van der Waals surface area (Å²) in [7, 11) is 0. The van der Waals surface area contributed by atoms with Crippen LogP contribution in [-0.2, 0) is 11.2 Å². The zero-order valence-corrected chi connectivity index (χ0v) is 10.9. The maximum absolute atomic E-state index is 13.4. The Hall–Kier alpha value is -1.49. The molecule has 0 aromatic heterocycles. The number of benzene rings is 1. The summed E-state index contributed by atoms with van der Waals surface area (Å²) < 4.78 is 26.1. The van der Waals surface area contributed by atoms with Crippen LogP contribution in [0, 0.1) is 23.5 Å². The van der Waals surface area contributed by atoms with Crippen LogP contribution < -0.4 is 5.73 Å². The van der Waals surface area contributed by atoms with Crippen LogP contribution in [0.4, 0.5) is 8.78 Å². The van der Waals surface area contributed by atoms with Crippen molar-refractivity contribution < 1.29 is 18.7 Å². The number of halogens is 2. The molecule has 3 nitrogen and oxygen atoms in total. The van der Waals surface area contributed by atoms with Crippen LogP contribution in [0.3, 0.4) is 0 Å². The quantitative estimate of drug-likeness (QED) is 0.801. The van der Waals surface area contributed by atoms with Crippen molar-refractivity contribution in [2.75, 3.05) is 6.54 Å². The molecule has 3 N–H and O–H groups in total. The fourth-order valence-corrected chi connectivity index (χ4v) is 2.03. The Labute approximate surface area is 111 Å². The van der Waals surface area contributed by atoms with E-state index >= 15 is 0 Å². The van der Waals surface area contributed by atoms with Gasteiger partial charge in [0.05, 0.1) is 5.92 Å². The lowest BCUT2D eigenvalue weighted by Gasteiger charge is -2.16. The van der Waals surface area contributed by atoms with Gasteiger partial charge in [0, 0.05) is 12.6 Å². The van der Waals surface area contributed by atoms with Crippen molar-refractivity contribution in [3.8, 4) is 0 Å². The molecule has 1 aromatic carbocycles. The van der Waals surface area contributed by atoms with Crippen LogP contribution in [0.1, 0.15) is 25.3 Å². The molecule has 0 radical (unpaired) electrons. The number of hydrogen-bond acceptors (Lipinski definition) is 2. The molecule has 0 aliphatic carbocycles. The average Bonchev–Trinajstić information content (AvgIpc) is 2.34. The second-order valence-electron chi connectivity index (χ2n) is 4.89. The highest BCUT2D eigenvalue weighted by Gasteiger charge is 2.18. The molecule has 2 atom stereocenters. The van der Waals surface area contributed by atoms with Gasteiger partial charge in [0.1, 0.15) is 11.6 Å². The standard InChI is InChI=1S/C14H19F2NO2/c1-9(6-11(8-17)14(18)19)2-3-10-4-5-12(15)7-13(10)16/h4-5,7,9,11H,2-3,6,8,17H2,1H3,(H,18,19). The van der Waals surface area contributed by atoms with Crippen molar-refractivity contribution in [3.05, 3.63) is 35.4 Å². The third-order valence-electron chi connectivity index (χ3n) is 3.24. The molecule has 106 valence electrons. The van der Waals surface area contributed by atoms with E-state index in [4.69, 9.17) is 10.8 Å². The molecule has 0 aliphatic rings. The molecule has 0 amide bonds. The Morgan fingerprint density at radius 3 is 2.63 bits per heavy atom. The number of rotatable bonds is 7. The number of aryl methyl sites for hydroxylation is 1. The molecular weight excluding hydrogens is 252 g/mol. The van der Waals surface area contributed by atoms with Gasteiger partial charge in [-0.3, -0.25) is 4.79 Å². The van der Waals surface area contributed by atoms with Gasteiger partial charge in [0.15, 0.2) is 0 Å². The highest BCUT2D eigenvalue weighted by molar-refractivity contribution is 5.70. The molecule has 0 spiro atoms. The number of carboxylic acids is 1. The second-order valence-corrected chi connectivity index (χ2v) is 4.89. The van der Waals surface area contributed by atoms with Crippen LogP contribution in [0.25, 0.3) is 0 Å². The van der Waals surface area contributed by atoms with Crippen LogP contribution in [0.5, 0.6) is 0 Å². The van der Waals surface area contributed by atoms with Gasteiger partial charge in [-0.2, -0.15) is 0 Å². The Morgan fingerprint density at radius 2 is 2.11 bits per heavy atom. The SMILES string of the molecule is CC(CCc1ccc(F)cc1F)CC(CN)C(=O)O. The smallest absolute Gasteiger partial charge is 0.307 e. The molecule has 5 heteroatoms. The Balaban J connectivity index is 2.49. The Bertz CT molecular complexity index is 437. The number of hydrogen-bond donors (Lipinski definition) is 2. The topological polar surface area (TPSA) is 63.3 Å². The molecule has 2 unspecified atom stereocenters. The van der Waals surface area contributed by atoms with Crippen LogP contribution in [-0.4, -0.2) is 17.6 Å². The number of carboxylic acid groups (broad SMARTS) is 1. The van der Waals surface area contributed by atoms with Crippen LogP contribution >= 0.6 is 0 Å². The van der Waals surface area contributed by atoms with E-state index in [1.165, 1.54) is 12.1 Å². The molecule has 0 saturated heterocycles. The largest absolute Gasteiger partial charge is 0.481 e. The summed E-state index contributed by atoms with van der Waals surface area (Å²) in [6.45, 7) is 2.01. The minimum atomic E-state index is -0.901. The lowest BCUT2D eigenvalue weighted by atomic mass is 9.91. The zero-order chi connectivity index (χ0) is 14.4. The van der Waals surface area contributed by atoms with E-state index in [9.17, 15) is 13.6 Å². The summed E-state index contributed by atoms with van der Waals surface area (Å²) in [6, 6.07) is 3.51. The number of aliphatic carboxylic acids is 1. The summed E-state index contributed by atoms with van der Waals surface area (Å²) in [5.41, 5.74) is 5.84. The summed E-state index contributed by atoms with van der Waals surface area (Å²) in [5.74, 6) is -2.49. The molecule has 19 heavy (non-hydrogen) atoms. The summed E-state index contributed by atoms with van der Waals surface area (Å²) in [4.78, 5) is 10.9. The van der Waals surface area contributed by atoms with E-state index in [0.717, 1.165) is 6.07 Å². The molecule has 0 bridgehead atoms. The van der Waals surface area contributed by atoms with Gasteiger partial charge in [-0.15, -0.1) is 0 Å². The fourth-order valence-electron chi connectivity index (χ4n) is 2.03. The highest BCUT2D eigenvalue weighted by Crippen LogP contribution is 2.19. The van der Waals surface area contributed by atoms with Crippen molar-refractivity contribution in [3.63, 3.8) is 0 Å². The first-order valence-corrected chi connectivity index (χ1v) is 6.30. The van der Waals surface area contributed by atoms with Gasteiger partial charge in [0.25, 0.3) is 0 Å². The minimum absolute atomic E-state index is 0.102. The van der Waals surface area contributed by atoms with Gasteiger partial charge < -0.3 is 10.8 Å². The third kappa shape index (κ3) is 4.95. The van der Waals surface area contributed by atoms with Gasteiger partial charge in [-0.25, -0.2) is 8.78 Å². The third-order valence-corrected chi connectivity index (χ3v) is 3.24. The maximum Gasteiger partial charge on any atom is 0.307 e. The van der Waals surface area contributed by atoms with Gasteiger partial charge in [-0.1, -0.05) is 13.0 Å². The predicted molar refractivity (Wildman–Crippen MR) is 68.6 cm³/mol. The normalized spacial score (nSPS) is 14.1. The first kappa shape index (κ1) is 15.6. The van der Waals surface area contributed by atoms with Crippen LogP contribution in [0.2, 0.25) is 0 Å². The van der Waals surface area contributed by atoms with E-state index in [0.29, 0.717) is 24.8 Å². The van der Waals surface area contributed by atoms with Crippen molar-refractivity contribution in [1.82, 2.24) is 0 Å². The predicted octanol–water partition coefficient (Wildman–Crippen LogP) is 2.58. The lowest BCUT2D eigenvalue weighted by Crippen LogP contribution is -2.25. The Morgan fingerprint density at radius 1 is 1.42 bits per heavy atom. The van der Waals surface area contributed by atoms with Crippen molar-refractivity contribution in [2.45, 2.75) is 26.2 Å². The number of nitrogens with two attached hydrogens (primary N) is 1. The molecule has 0 fully saturated rings. The van der Waals surface area contributed by atoms with E-state index < -0.39 is 23.5 Å². The first-order valence-electron chi connectivity index (χ1n) is 6.30. The molecular formula is C14H19F2NO2. The van der Waals surface area contributed by atoms with E-state index in [1.807, 2.05) is 6.92 Å². The first-order chi connectivity index (χ1) is 8.93. The molecule has 0 saturated carbocycles. The molecule has 1 aromatic rings. The van der Waals surface area contributed by atoms with Gasteiger partial charge >= 0.3 is 5.97 Å². The summed E-state index contributed by atoms with van der Waals surface area (Å²) in [5, 5.41) is 8.90. The van der Waals surface area contributed by atoms with E-state index in [2.05, 4.69) is 0 Å². The van der Waals surface area contributed by atoms with Crippen molar-refractivity contribution in [1.29, 1.82) is 0 Å². The van der Waals surface area contributed by atoms with Crippen molar-refractivity contribution in [2.24, 2.45) is 17.6 Å². The fraction of sp³-hybridized carbons (Fsp3) is 0.500. The monoisotopic (exact) mass is 271 g/mol. The molecule has 0 heterocycles. The van der Waals surface area contributed by atoms with Crippen molar-refractivity contribution >= 4 is 5.97 Å². The summed E-state index contributed by atoms with van der Waals surface area (Å²) >= 11 is 0. The maximum atomic E-state index is 13.4. The molecule has 1 rings (SSSR count). The summed E-state index contributed by atoms with van der Waals surface area (Å²) in [6.07, 6.45) is 1.57. The zero-order valence-electron chi connectivity index (χ0n) is 10.9.